The summed E-state index contributed by atoms with van der Waals surface area (Å²) in [5, 5.41) is 13.4. The zero-order chi connectivity index (χ0) is 25.1. The lowest BCUT2D eigenvalue weighted by Crippen LogP contribution is -2.54. The number of anilines is 1. The van der Waals surface area contributed by atoms with Crippen molar-refractivity contribution in [2.45, 2.75) is 13.5 Å². The van der Waals surface area contributed by atoms with E-state index in [4.69, 9.17) is 16.3 Å². The number of hydrogen-bond donors (Lipinski definition) is 1. The number of para-hydroxylation sites is 1. The normalized spacial score (nSPS) is 14.7. The molecular weight excluding hydrogens is 474 g/mol. The number of hydrogen-bond acceptors (Lipinski definition) is 6. The van der Waals surface area contributed by atoms with E-state index in [0.717, 1.165) is 4.90 Å². The quantitative estimate of drug-likeness (QED) is 0.229. The van der Waals surface area contributed by atoms with Gasteiger partial charge in [-0.25, -0.2) is 9.69 Å². The predicted molar refractivity (Wildman–Crippen MR) is 129 cm³/mol. The highest BCUT2D eigenvalue weighted by molar-refractivity contribution is 6.40. The van der Waals surface area contributed by atoms with Crippen LogP contribution in [0.4, 0.5) is 16.2 Å². The number of rotatable bonds is 6. The summed E-state index contributed by atoms with van der Waals surface area (Å²) < 4.78 is 5.85. The van der Waals surface area contributed by atoms with Crippen LogP contribution < -0.4 is 15.0 Å². The Hall–Kier alpha value is -4.50. The van der Waals surface area contributed by atoms with Crippen LogP contribution in [0.2, 0.25) is 5.02 Å². The van der Waals surface area contributed by atoms with E-state index in [2.05, 4.69) is 5.32 Å². The second-order valence-corrected chi connectivity index (χ2v) is 8.00. The molecular formula is C25H18ClN3O6. The molecule has 1 aliphatic heterocycles. The molecule has 0 unspecified atom stereocenters. The van der Waals surface area contributed by atoms with Crippen LogP contribution in [-0.2, 0) is 16.2 Å². The summed E-state index contributed by atoms with van der Waals surface area (Å²) in [7, 11) is 0. The average molecular weight is 492 g/mol. The summed E-state index contributed by atoms with van der Waals surface area (Å²) in [5.41, 5.74) is 1.62. The lowest BCUT2D eigenvalue weighted by molar-refractivity contribution is -0.384. The van der Waals surface area contributed by atoms with Gasteiger partial charge in [-0.05, 0) is 54.5 Å². The number of nitrogens with one attached hydrogen (secondary N) is 1. The first-order valence-electron chi connectivity index (χ1n) is 10.4. The Balaban J connectivity index is 1.62. The number of benzene rings is 3. The van der Waals surface area contributed by atoms with Crippen molar-refractivity contribution in [1.82, 2.24) is 5.32 Å². The lowest BCUT2D eigenvalue weighted by atomic mass is 10.0. The van der Waals surface area contributed by atoms with Crippen LogP contribution in [0.5, 0.6) is 5.75 Å². The molecule has 1 saturated heterocycles. The summed E-state index contributed by atoms with van der Waals surface area (Å²) in [5.74, 6) is -1.25. The molecule has 1 fully saturated rings. The van der Waals surface area contributed by atoms with Crippen molar-refractivity contribution in [1.29, 1.82) is 0 Å². The Morgan fingerprint density at radius 1 is 1.03 bits per heavy atom. The molecule has 4 rings (SSSR count). The van der Waals surface area contributed by atoms with Crippen molar-refractivity contribution >= 4 is 46.9 Å². The summed E-state index contributed by atoms with van der Waals surface area (Å²) in [6.07, 6.45) is 1.35. The Morgan fingerprint density at radius 3 is 2.46 bits per heavy atom. The molecule has 0 aliphatic carbocycles. The number of nitro groups is 1. The molecule has 3 aromatic rings. The van der Waals surface area contributed by atoms with Crippen LogP contribution in [0.1, 0.15) is 16.7 Å². The van der Waals surface area contributed by atoms with Crippen LogP contribution in [0.15, 0.2) is 72.3 Å². The maximum atomic E-state index is 13.2. The highest BCUT2D eigenvalue weighted by atomic mass is 35.5. The predicted octanol–water partition coefficient (Wildman–Crippen LogP) is 4.80. The molecule has 3 aromatic carbocycles. The molecule has 0 atom stereocenters. The minimum absolute atomic E-state index is 0.0326. The Bertz CT molecular complexity index is 1380. The van der Waals surface area contributed by atoms with Gasteiger partial charge in [0.15, 0.2) is 0 Å². The third-order valence-electron chi connectivity index (χ3n) is 5.34. The van der Waals surface area contributed by atoms with Crippen LogP contribution in [0, 0.1) is 17.0 Å². The fourth-order valence-electron chi connectivity index (χ4n) is 3.48. The van der Waals surface area contributed by atoms with E-state index in [1.54, 1.807) is 61.5 Å². The van der Waals surface area contributed by atoms with Gasteiger partial charge in [0.05, 0.1) is 10.6 Å². The number of barbiturate groups is 1. The van der Waals surface area contributed by atoms with E-state index >= 15 is 0 Å². The van der Waals surface area contributed by atoms with Gasteiger partial charge in [0.1, 0.15) is 17.9 Å². The molecule has 0 aromatic heterocycles. The molecule has 0 radical (unpaired) electrons. The minimum Gasteiger partial charge on any atom is -0.488 e. The molecule has 0 bridgehead atoms. The fraction of sp³-hybridized carbons (Fsp3) is 0.0800. The van der Waals surface area contributed by atoms with E-state index in [-0.39, 0.29) is 23.6 Å². The summed E-state index contributed by atoms with van der Waals surface area (Å²) >= 11 is 6.15. The summed E-state index contributed by atoms with van der Waals surface area (Å²) in [6, 6.07) is 16.6. The van der Waals surface area contributed by atoms with Crippen LogP contribution in [0.3, 0.4) is 0 Å². The number of imide groups is 2. The third kappa shape index (κ3) is 4.90. The van der Waals surface area contributed by atoms with Crippen molar-refractivity contribution in [3.63, 3.8) is 0 Å². The van der Waals surface area contributed by atoms with Crippen molar-refractivity contribution in [3.05, 3.63) is 104 Å². The first-order valence-corrected chi connectivity index (χ1v) is 10.8. The van der Waals surface area contributed by atoms with Crippen molar-refractivity contribution < 1.29 is 24.0 Å². The monoisotopic (exact) mass is 491 g/mol. The highest BCUT2D eigenvalue weighted by Crippen LogP contribution is 2.30. The van der Waals surface area contributed by atoms with Crippen molar-refractivity contribution in [3.8, 4) is 5.75 Å². The number of ether oxygens (including phenoxy) is 1. The van der Waals surface area contributed by atoms with Crippen molar-refractivity contribution in [2.24, 2.45) is 0 Å². The maximum Gasteiger partial charge on any atom is 0.335 e. The number of carbonyl (C=O) groups is 3. The second kappa shape index (κ2) is 9.78. The highest BCUT2D eigenvalue weighted by Gasteiger charge is 2.37. The Labute approximate surface area is 204 Å². The van der Waals surface area contributed by atoms with Gasteiger partial charge in [0.25, 0.3) is 17.5 Å². The summed E-state index contributed by atoms with van der Waals surface area (Å²) in [4.78, 5) is 49.5. The van der Waals surface area contributed by atoms with Gasteiger partial charge in [-0.1, -0.05) is 35.9 Å². The smallest absolute Gasteiger partial charge is 0.335 e. The van der Waals surface area contributed by atoms with E-state index in [0.29, 0.717) is 27.5 Å². The lowest BCUT2D eigenvalue weighted by Gasteiger charge is -2.27. The molecule has 0 saturated carbocycles. The van der Waals surface area contributed by atoms with Gasteiger partial charge in [-0.3, -0.25) is 25.0 Å². The number of amides is 4. The zero-order valence-corrected chi connectivity index (χ0v) is 19.1. The third-order valence-corrected chi connectivity index (χ3v) is 5.75. The van der Waals surface area contributed by atoms with Gasteiger partial charge in [0.2, 0.25) is 0 Å². The van der Waals surface area contributed by atoms with Crippen LogP contribution >= 0.6 is 11.6 Å². The number of non-ortho nitro benzene ring substituents is 1. The fourth-order valence-corrected chi connectivity index (χ4v) is 3.65. The number of carbonyl (C=O) groups excluding carboxylic acids is 3. The van der Waals surface area contributed by atoms with E-state index in [9.17, 15) is 24.5 Å². The molecule has 0 spiro atoms. The number of urea groups is 1. The molecule has 1 N–H and O–H groups in total. The van der Waals surface area contributed by atoms with Gasteiger partial charge in [-0.15, -0.1) is 0 Å². The largest absolute Gasteiger partial charge is 0.488 e. The van der Waals surface area contributed by atoms with Gasteiger partial charge >= 0.3 is 6.03 Å². The molecule has 10 heteroatoms. The first kappa shape index (κ1) is 23.7. The standard InChI is InChI=1S/C25H18ClN3O6/c1-15-20(26)6-4-7-21(15)28-24(31)19(23(30)27-25(28)32)13-17-5-2-3-8-22(17)35-14-16-9-11-18(12-10-16)29(33)34/h2-13H,14H2,1H3,(H,27,30,32)/b19-13+. The molecule has 4 amide bonds. The van der Waals surface area contributed by atoms with E-state index in [1.165, 1.54) is 18.2 Å². The van der Waals surface area contributed by atoms with Crippen LogP contribution in [0.25, 0.3) is 6.08 Å². The molecule has 35 heavy (non-hydrogen) atoms. The first-order chi connectivity index (χ1) is 16.8. The van der Waals surface area contributed by atoms with Gasteiger partial charge < -0.3 is 4.74 Å². The molecule has 1 heterocycles. The number of nitro benzene ring substituents is 1. The molecule has 9 nitrogen and oxygen atoms in total. The Morgan fingerprint density at radius 2 is 1.74 bits per heavy atom. The Kier molecular flexibility index (Phi) is 6.61. The van der Waals surface area contributed by atoms with E-state index in [1.807, 2.05) is 0 Å². The average Bonchev–Trinajstić information content (AvgIpc) is 2.83. The maximum absolute atomic E-state index is 13.2. The van der Waals surface area contributed by atoms with Crippen LogP contribution in [-0.4, -0.2) is 22.8 Å². The number of halogens is 1. The van der Waals surface area contributed by atoms with Crippen molar-refractivity contribution in [2.75, 3.05) is 4.90 Å². The topological polar surface area (TPSA) is 119 Å². The second-order valence-electron chi connectivity index (χ2n) is 7.59. The molecule has 176 valence electrons. The summed E-state index contributed by atoms with van der Waals surface area (Å²) in [6.45, 7) is 1.77. The minimum atomic E-state index is -0.870. The van der Waals surface area contributed by atoms with Gasteiger partial charge in [0, 0.05) is 22.7 Å². The zero-order valence-electron chi connectivity index (χ0n) is 18.4. The number of nitrogens with zero attached hydrogens (tertiary/aromatic N) is 2. The SMILES string of the molecule is Cc1c(Cl)cccc1N1C(=O)NC(=O)/C(=C\c2ccccc2OCc2ccc([N+](=O)[O-])cc2)C1=O. The molecule has 1 aliphatic rings. The van der Waals surface area contributed by atoms with E-state index < -0.39 is 22.8 Å². The van der Waals surface area contributed by atoms with Gasteiger partial charge in [-0.2, -0.15) is 0 Å².